The lowest BCUT2D eigenvalue weighted by Crippen LogP contribution is -2.21. The largest absolute Gasteiger partial charge is 0.493 e. The number of hydrogen-bond donors (Lipinski definition) is 1. The summed E-state index contributed by atoms with van der Waals surface area (Å²) in [6.07, 6.45) is 5.19. The van der Waals surface area contributed by atoms with Crippen molar-refractivity contribution in [3.8, 4) is 5.75 Å². The van der Waals surface area contributed by atoms with Gasteiger partial charge in [0.15, 0.2) is 5.78 Å². The van der Waals surface area contributed by atoms with Crippen LogP contribution in [0.25, 0.3) is 0 Å². The van der Waals surface area contributed by atoms with Crippen LogP contribution >= 0.6 is 15.9 Å². The van der Waals surface area contributed by atoms with Crippen molar-refractivity contribution in [1.82, 2.24) is 0 Å². The Morgan fingerprint density at radius 1 is 1.16 bits per heavy atom. The molecule has 0 saturated heterocycles. The van der Waals surface area contributed by atoms with E-state index in [2.05, 4.69) is 21.2 Å². The van der Waals surface area contributed by atoms with Crippen LogP contribution in [-0.2, 0) is 6.42 Å². The highest BCUT2D eigenvalue weighted by molar-refractivity contribution is 9.10. The van der Waals surface area contributed by atoms with Gasteiger partial charge in [0.25, 0.3) is 5.91 Å². The zero-order valence-corrected chi connectivity index (χ0v) is 20.5. The topological polar surface area (TPSA) is 55.4 Å². The molecule has 1 saturated carbocycles. The molecule has 1 atom stereocenters. The molecule has 5 heteroatoms. The number of carbonyl (C=O) groups excluding carboxylic acids is 2. The summed E-state index contributed by atoms with van der Waals surface area (Å²) in [6.45, 7) is 8.56. The van der Waals surface area contributed by atoms with Crippen LogP contribution in [0.4, 0.5) is 5.69 Å². The number of anilines is 1. The second kappa shape index (κ2) is 10.4. The van der Waals surface area contributed by atoms with Crippen molar-refractivity contribution >= 4 is 33.3 Å². The minimum atomic E-state index is -0.245. The molecule has 1 amide bonds. The van der Waals surface area contributed by atoms with Gasteiger partial charge in [0.1, 0.15) is 5.75 Å². The van der Waals surface area contributed by atoms with Gasteiger partial charge in [0.2, 0.25) is 0 Å². The molecule has 3 rings (SSSR count). The molecule has 0 heterocycles. The summed E-state index contributed by atoms with van der Waals surface area (Å²) in [5, 5.41) is 3.01. The Morgan fingerprint density at radius 3 is 2.52 bits per heavy atom. The molecule has 0 bridgehead atoms. The number of nitrogens with one attached hydrogen (secondary N) is 1. The summed E-state index contributed by atoms with van der Waals surface area (Å²) >= 11 is 3.53. The standard InChI is InChI=1S/C26H32BrNO3/c1-5-16(3)25(29)24-19(6-2)11-8-12-21(24)28-26(30)23-17(4)22(14-13-20(23)27)31-15-18-9-7-10-18/h8,11-14,16,18H,5-7,9-10,15H2,1-4H3,(H,28,30)/t16-/m1/s1. The summed E-state index contributed by atoms with van der Waals surface area (Å²) in [4.78, 5) is 26.4. The van der Waals surface area contributed by atoms with E-state index in [1.165, 1.54) is 19.3 Å². The number of ketones is 1. The van der Waals surface area contributed by atoms with E-state index >= 15 is 0 Å². The Morgan fingerprint density at radius 2 is 1.90 bits per heavy atom. The minimum Gasteiger partial charge on any atom is -0.493 e. The van der Waals surface area contributed by atoms with Crippen LogP contribution in [0.1, 0.15) is 78.3 Å². The Kier molecular flexibility index (Phi) is 7.93. The molecular formula is C26H32BrNO3. The molecule has 0 unspecified atom stereocenters. The number of benzene rings is 2. The van der Waals surface area contributed by atoms with Crippen LogP contribution in [0, 0.1) is 18.8 Å². The maximum absolute atomic E-state index is 13.3. The van der Waals surface area contributed by atoms with Crippen LogP contribution in [0.3, 0.4) is 0 Å². The van der Waals surface area contributed by atoms with Gasteiger partial charge in [-0.15, -0.1) is 0 Å². The average molecular weight is 486 g/mol. The Labute approximate surface area is 193 Å². The number of ether oxygens (including phenoxy) is 1. The SMILES string of the molecule is CCc1cccc(NC(=O)c2c(Br)ccc(OCC3CCC3)c2C)c1C(=O)[C@H](C)CC. The van der Waals surface area contributed by atoms with E-state index in [4.69, 9.17) is 4.74 Å². The fraction of sp³-hybridized carbons (Fsp3) is 0.462. The van der Waals surface area contributed by atoms with E-state index < -0.39 is 0 Å². The lowest BCUT2D eigenvalue weighted by molar-refractivity contribution is 0.0927. The number of aryl methyl sites for hydroxylation is 1. The molecule has 2 aromatic carbocycles. The monoisotopic (exact) mass is 485 g/mol. The van der Waals surface area contributed by atoms with Gasteiger partial charge < -0.3 is 10.1 Å². The zero-order chi connectivity index (χ0) is 22.5. The van der Waals surface area contributed by atoms with Gasteiger partial charge in [0, 0.05) is 21.5 Å². The first-order valence-electron chi connectivity index (χ1n) is 11.3. The number of amides is 1. The van der Waals surface area contributed by atoms with Crippen LogP contribution < -0.4 is 10.1 Å². The van der Waals surface area contributed by atoms with Gasteiger partial charge >= 0.3 is 0 Å². The molecule has 0 aliphatic heterocycles. The van der Waals surface area contributed by atoms with Gasteiger partial charge in [-0.25, -0.2) is 0 Å². The van der Waals surface area contributed by atoms with Crippen LogP contribution in [0.5, 0.6) is 5.75 Å². The molecular weight excluding hydrogens is 454 g/mol. The summed E-state index contributed by atoms with van der Waals surface area (Å²) in [5.74, 6) is 1.08. The van der Waals surface area contributed by atoms with Crippen LogP contribution in [0.15, 0.2) is 34.8 Å². The minimum absolute atomic E-state index is 0.0728. The molecule has 1 aliphatic carbocycles. The van der Waals surface area contributed by atoms with Gasteiger partial charge in [0.05, 0.1) is 17.9 Å². The third kappa shape index (κ3) is 5.20. The molecule has 4 nitrogen and oxygen atoms in total. The number of rotatable bonds is 9. The quantitative estimate of drug-likeness (QED) is 0.389. The maximum atomic E-state index is 13.3. The maximum Gasteiger partial charge on any atom is 0.257 e. The molecule has 1 fully saturated rings. The zero-order valence-electron chi connectivity index (χ0n) is 18.9. The number of Topliss-reactive ketones (excluding diaryl/α,β-unsaturated/α-hetero) is 1. The number of hydrogen-bond acceptors (Lipinski definition) is 3. The fourth-order valence-electron chi connectivity index (χ4n) is 3.87. The van der Waals surface area contributed by atoms with Crippen molar-refractivity contribution in [3.63, 3.8) is 0 Å². The lowest BCUT2D eigenvalue weighted by atomic mass is 9.86. The highest BCUT2D eigenvalue weighted by Crippen LogP contribution is 2.33. The van der Waals surface area contributed by atoms with Crippen molar-refractivity contribution in [1.29, 1.82) is 0 Å². The first kappa shape index (κ1) is 23.5. The van der Waals surface area contributed by atoms with Crippen LogP contribution in [-0.4, -0.2) is 18.3 Å². The van der Waals surface area contributed by atoms with Crippen molar-refractivity contribution in [2.45, 2.75) is 59.8 Å². The number of halogens is 1. The predicted octanol–water partition coefficient (Wildman–Crippen LogP) is 6.98. The molecule has 0 radical (unpaired) electrons. The molecule has 1 N–H and O–H groups in total. The van der Waals surface area contributed by atoms with E-state index in [-0.39, 0.29) is 17.6 Å². The van der Waals surface area contributed by atoms with E-state index in [1.807, 2.05) is 58.0 Å². The second-order valence-corrected chi connectivity index (χ2v) is 9.33. The fourth-order valence-corrected chi connectivity index (χ4v) is 4.48. The van der Waals surface area contributed by atoms with Crippen molar-refractivity contribution in [2.75, 3.05) is 11.9 Å². The molecule has 0 spiro atoms. The van der Waals surface area contributed by atoms with E-state index in [0.717, 1.165) is 29.7 Å². The lowest BCUT2D eigenvalue weighted by Gasteiger charge is -2.26. The third-order valence-electron chi connectivity index (χ3n) is 6.38. The van der Waals surface area contributed by atoms with Crippen molar-refractivity contribution in [3.05, 3.63) is 57.1 Å². The van der Waals surface area contributed by atoms with Gasteiger partial charge in [-0.1, -0.05) is 39.3 Å². The molecule has 31 heavy (non-hydrogen) atoms. The van der Waals surface area contributed by atoms with E-state index in [9.17, 15) is 9.59 Å². The predicted molar refractivity (Wildman–Crippen MR) is 129 cm³/mol. The first-order chi connectivity index (χ1) is 14.9. The van der Waals surface area contributed by atoms with Crippen LogP contribution in [0.2, 0.25) is 0 Å². The third-order valence-corrected chi connectivity index (χ3v) is 7.04. The smallest absolute Gasteiger partial charge is 0.257 e. The Hall–Kier alpha value is -2.14. The average Bonchev–Trinajstić information content (AvgIpc) is 2.72. The highest BCUT2D eigenvalue weighted by Gasteiger charge is 2.24. The van der Waals surface area contributed by atoms with Gasteiger partial charge in [-0.3, -0.25) is 9.59 Å². The normalized spacial score (nSPS) is 14.6. The first-order valence-corrected chi connectivity index (χ1v) is 12.1. The van der Waals surface area contributed by atoms with Crippen molar-refractivity contribution < 1.29 is 14.3 Å². The van der Waals surface area contributed by atoms with Crippen molar-refractivity contribution in [2.24, 2.45) is 11.8 Å². The Balaban J connectivity index is 1.90. The van der Waals surface area contributed by atoms with Gasteiger partial charge in [-0.05, 0) is 78.2 Å². The summed E-state index contributed by atoms with van der Waals surface area (Å²) < 4.78 is 6.73. The second-order valence-electron chi connectivity index (χ2n) is 8.47. The highest BCUT2D eigenvalue weighted by atomic mass is 79.9. The van der Waals surface area contributed by atoms with E-state index in [0.29, 0.717) is 33.8 Å². The summed E-state index contributed by atoms with van der Waals surface area (Å²) in [5.41, 5.74) is 3.49. The molecule has 2 aromatic rings. The Bertz CT molecular complexity index is 965. The molecule has 0 aromatic heterocycles. The molecule has 1 aliphatic rings. The molecule has 166 valence electrons. The summed E-state index contributed by atoms with van der Waals surface area (Å²) in [6, 6.07) is 9.42. The van der Waals surface area contributed by atoms with E-state index in [1.54, 1.807) is 0 Å². The van der Waals surface area contributed by atoms with Gasteiger partial charge in [-0.2, -0.15) is 0 Å². The number of carbonyl (C=O) groups is 2. The summed E-state index contributed by atoms with van der Waals surface area (Å²) in [7, 11) is 0.